The summed E-state index contributed by atoms with van der Waals surface area (Å²) in [5.41, 5.74) is 0.115. The first-order valence-corrected chi connectivity index (χ1v) is 4.34. The minimum atomic E-state index is -2.01. The third-order valence-electron chi connectivity index (χ3n) is 1.80. The van der Waals surface area contributed by atoms with Crippen LogP contribution in [-0.4, -0.2) is 5.97 Å². The minimum Gasteiger partial charge on any atom is -0.457 e. The van der Waals surface area contributed by atoms with Gasteiger partial charge in [-0.05, 0) is 12.5 Å². The molecular weight excluding hydrogens is 202 g/mol. The van der Waals surface area contributed by atoms with E-state index in [0.717, 1.165) is 12.5 Å². The van der Waals surface area contributed by atoms with E-state index in [-0.39, 0.29) is 6.61 Å². The molecular formula is C11H10F2O2. The number of esters is 1. The number of rotatable bonds is 3. The van der Waals surface area contributed by atoms with Crippen LogP contribution in [0.4, 0.5) is 8.78 Å². The van der Waals surface area contributed by atoms with E-state index in [1.165, 1.54) is 0 Å². The summed E-state index contributed by atoms with van der Waals surface area (Å²) in [5.74, 6) is -0.987. The minimum absolute atomic E-state index is 0.00426. The van der Waals surface area contributed by atoms with Gasteiger partial charge >= 0.3 is 5.97 Å². The second-order valence-corrected chi connectivity index (χ2v) is 2.95. The molecule has 1 aromatic rings. The van der Waals surface area contributed by atoms with Crippen molar-refractivity contribution < 1.29 is 18.3 Å². The molecule has 0 aliphatic carbocycles. The Hall–Kier alpha value is -1.71. The van der Waals surface area contributed by atoms with E-state index in [1.54, 1.807) is 24.3 Å². The Balaban J connectivity index is 2.52. The third-order valence-corrected chi connectivity index (χ3v) is 1.80. The maximum atomic E-state index is 12.0. The highest BCUT2D eigenvalue weighted by molar-refractivity contribution is 5.87. The number of benzene rings is 1. The molecule has 0 radical (unpaired) electrons. The summed E-state index contributed by atoms with van der Waals surface area (Å²) in [5, 5.41) is 0. The second kappa shape index (κ2) is 5.24. The Labute approximate surface area is 86.2 Å². The standard InChI is InChI=1S/C11H10F2O2/c1-8(10(12)13)11(14)15-7-9-5-3-2-4-6-9/h2-6H,7H2,1H3. The van der Waals surface area contributed by atoms with Crippen LogP contribution in [0, 0.1) is 0 Å². The Bertz CT molecular complexity index is 367. The van der Waals surface area contributed by atoms with Crippen molar-refractivity contribution in [2.45, 2.75) is 13.5 Å². The quantitative estimate of drug-likeness (QED) is 0.568. The predicted octanol–water partition coefficient (Wildman–Crippen LogP) is 2.90. The fourth-order valence-corrected chi connectivity index (χ4v) is 0.909. The predicted molar refractivity (Wildman–Crippen MR) is 51.2 cm³/mol. The molecule has 0 saturated carbocycles. The van der Waals surface area contributed by atoms with Gasteiger partial charge in [-0.1, -0.05) is 30.3 Å². The van der Waals surface area contributed by atoms with Gasteiger partial charge in [0.2, 0.25) is 0 Å². The van der Waals surface area contributed by atoms with Gasteiger partial charge < -0.3 is 4.74 Å². The number of hydrogen-bond donors (Lipinski definition) is 0. The lowest BCUT2D eigenvalue weighted by molar-refractivity contribution is -0.140. The van der Waals surface area contributed by atoms with E-state index < -0.39 is 17.6 Å². The van der Waals surface area contributed by atoms with Crippen molar-refractivity contribution in [2.75, 3.05) is 0 Å². The van der Waals surface area contributed by atoms with E-state index in [2.05, 4.69) is 4.74 Å². The first-order valence-electron chi connectivity index (χ1n) is 4.34. The zero-order valence-electron chi connectivity index (χ0n) is 8.17. The normalized spacial score (nSPS) is 9.53. The molecule has 0 spiro atoms. The molecule has 0 fully saturated rings. The van der Waals surface area contributed by atoms with Crippen LogP contribution in [0.15, 0.2) is 42.0 Å². The van der Waals surface area contributed by atoms with Crippen molar-refractivity contribution in [2.24, 2.45) is 0 Å². The molecule has 1 rings (SSSR count). The van der Waals surface area contributed by atoms with Crippen LogP contribution in [-0.2, 0) is 16.1 Å². The molecule has 0 aliphatic heterocycles. The van der Waals surface area contributed by atoms with Gasteiger partial charge in [0.1, 0.15) is 6.61 Å². The Morgan fingerprint density at radius 2 is 1.87 bits per heavy atom. The summed E-state index contributed by atoms with van der Waals surface area (Å²) in [6.07, 6.45) is -2.01. The Morgan fingerprint density at radius 3 is 2.40 bits per heavy atom. The van der Waals surface area contributed by atoms with Crippen molar-refractivity contribution >= 4 is 5.97 Å². The summed E-state index contributed by atoms with van der Waals surface area (Å²) in [7, 11) is 0. The molecule has 1 aromatic carbocycles. The SMILES string of the molecule is CC(C(=O)OCc1ccccc1)=C(F)F. The van der Waals surface area contributed by atoms with Crippen molar-refractivity contribution in [3.63, 3.8) is 0 Å². The first-order chi connectivity index (χ1) is 7.11. The zero-order valence-corrected chi connectivity index (χ0v) is 8.17. The average Bonchev–Trinajstić information content (AvgIpc) is 2.26. The highest BCUT2D eigenvalue weighted by Gasteiger charge is 2.11. The molecule has 0 aliphatic rings. The van der Waals surface area contributed by atoms with Gasteiger partial charge in [-0.15, -0.1) is 0 Å². The summed E-state index contributed by atoms with van der Waals surface area (Å²) in [6, 6.07) is 8.87. The van der Waals surface area contributed by atoms with Crippen molar-refractivity contribution in [1.29, 1.82) is 0 Å². The fourth-order valence-electron chi connectivity index (χ4n) is 0.909. The molecule has 0 bridgehead atoms. The molecule has 0 heterocycles. The highest BCUT2D eigenvalue weighted by Crippen LogP contribution is 2.10. The average molecular weight is 212 g/mol. The van der Waals surface area contributed by atoms with Crippen molar-refractivity contribution in [3.05, 3.63) is 47.5 Å². The van der Waals surface area contributed by atoms with Crippen LogP contribution in [0.25, 0.3) is 0 Å². The molecule has 0 N–H and O–H groups in total. The van der Waals surface area contributed by atoms with E-state index in [0.29, 0.717) is 0 Å². The van der Waals surface area contributed by atoms with Crippen LogP contribution in [0.5, 0.6) is 0 Å². The van der Waals surface area contributed by atoms with Gasteiger partial charge in [0.15, 0.2) is 0 Å². The Morgan fingerprint density at radius 1 is 1.27 bits per heavy atom. The lowest BCUT2D eigenvalue weighted by Gasteiger charge is -2.03. The van der Waals surface area contributed by atoms with E-state index in [9.17, 15) is 13.6 Å². The van der Waals surface area contributed by atoms with Crippen LogP contribution < -0.4 is 0 Å². The molecule has 0 atom stereocenters. The van der Waals surface area contributed by atoms with Crippen molar-refractivity contribution in [3.8, 4) is 0 Å². The van der Waals surface area contributed by atoms with Crippen LogP contribution >= 0.6 is 0 Å². The number of hydrogen-bond acceptors (Lipinski definition) is 2. The topological polar surface area (TPSA) is 26.3 Å². The van der Waals surface area contributed by atoms with Gasteiger partial charge in [-0.3, -0.25) is 0 Å². The molecule has 0 unspecified atom stereocenters. The lowest BCUT2D eigenvalue weighted by Crippen LogP contribution is -2.06. The number of carbonyl (C=O) groups excluding carboxylic acids is 1. The fraction of sp³-hybridized carbons (Fsp3) is 0.182. The third kappa shape index (κ3) is 3.50. The van der Waals surface area contributed by atoms with Gasteiger partial charge in [-0.25, -0.2) is 4.79 Å². The maximum absolute atomic E-state index is 12.0. The highest BCUT2D eigenvalue weighted by atomic mass is 19.3. The number of halogens is 2. The van der Waals surface area contributed by atoms with Gasteiger partial charge in [0.05, 0.1) is 5.57 Å². The number of carbonyl (C=O) groups is 1. The second-order valence-electron chi connectivity index (χ2n) is 2.95. The van der Waals surface area contributed by atoms with Crippen LogP contribution in [0.2, 0.25) is 0 Å². The molecule has 4 heteroatoms. The largest absolute Gasteiger partial charge is 0.457 e. The summed E-state index contributed by atoms with van der Waals surface area (Å²) >= 11 is 0. The summed E-state index contributed by atoms with van der Waals surface area (Å²) in [4.78, 5) is 11.0. The van der Waals surface area contributed by atoms with Gasteiger partial charge in [0, 0.05) is 0 Å². The molecule has 2 nitrogen and oxygen atoms in total. The summed E-state index contributed by atoms with van der Waals surface area (Å²) in [6.45, 7) is 1.03. The van der Waals surface area contributed by atoms with Crippen LogP contribution in [0.1, 0.15) is 12.5 Å². The molecule has 80 valence electrons. The monoisotopic (exact) mass is 212 g/mol. The van der Waals surface area contributed by atoms with Gasteiger partial charge in [0.25, 0.3) is 6.08 Å². The first kappa shape index (κ1) is 11.4. The van der Waals surface area contributed by atoms with Crippen molar-refractivity contribution in [1.82, 2.24) is 0 Å². The maximum Gasteiger partial charge on any atom is 0.339 e. The molecule has 0 saturated heterocycles. The number of ether oxygens (including phenoxy) is 1. The van der Waals surface area contributed by atoms with Crippen LogP contribution in [0.3, 0.4) is 0 Å². The summed E-state index contributed by atoms with van der Waals surface area (Å²) < 4.78 is 28.6. The lowest BCUT2D eigenvalue weighted by atomic mass is 10.2. The van der Waals surface area contributed by atoms with E-state index >= 15 is 0 Å². The zero-order chi connectivity index (χ0) is 11.3. The Kier molecular flexibility index (Phi) is 3.97. The van der Waals surface area contributed by atoms with E-state index in [4.69, 9.17) is 0 Å². The van der Waals surface area contributed by atoms with Gasteiger partial charge in [-0.2, -0.15) is 8.78 Å². The molecule has 0 amide bonds. The van der Waals surface area contributed by atoms with E-state index in [1.807, 2.05) is 6.07 Å². The molecule has 15 heavy (non-hydrogen) atoms. The smallest absolute Gasteiger partial charge is 0.339 e. The molecule has 0 aromatic heterocycles.